The second kappa shape index (κ2) is 13.9. The molecule has 0 radical (unpaired) electrons. The summed E-state index contributed by atoms with van der Waals surface area (Å²) in [5, 5.41) is 38.4. The minimum absolute atomic E-state index is 0.0167. The van der Waals surface area contributed by atoms with Crippen LogP contribution >= 0.6 is 0 Å². The van der Waals surface area contributed by atoms with Gasteiger partial charge in [-0.25, -0.2) is 4.68 Å². The normalized spacial score (nSPS) is 30.4. The molecule has 2 unspecified atom stereocenters. The van der Waals surface area contributed by atoms with E-state index in [9.17, 15) is 24.6 Å². The zero-order chi connectivity index (χ0) is 31.4. The molecule has 15 nitrogen and oxygen atoms in total. The van der Waals surface area contributed by atoms with Gasteiger partial charge in [-0.2, -0.15) is 0 Å². The van der Waals surface area contributed by atoms with Crippen molar-refractivity contribution in [3.8, 4) is 0 Å². The third kappa shape index (κ3) is 7.66. The van der Waals surface area contributed by atoms with Crippen LogP contribution in [-0.4, -0.2) is 128 Å². The predicted octanol–water partition coefficient (Wildman–Crippen LogP) is -1.72. The maximum atomic E-state index is 13.6. The monoisotopic (exact) mass is 626 g/mol. The van der Waals surface area contributed by atoms with E-state index in [4.69, 9.17) is 9.47 Å². The van der Waals surface area contributed by atoms with Crippen molar-refractivity contribution in [2.45, 2.75) is 93.5 Å². The molecule has 5 N–H and O–H groups in total. The molecule has 6 rings (SSSR count). The number of hydrogen-bond acceptors (Lipinski definition) is 11. The summed E-state index contributed by atoms with van der Waals surface area (Å²) in [5.74, 6) is -1.21. The van der Waals surface area contributed by atoms with Crippen molar-refractivity contribution in [2.24, 2.45) is 0 Å². The Morgan fingerprint density at radius 1 is 1.04 bits per heavy atom. The van der Waals surface area contributed by atoms with Gasteiger partial charge in [-0.3, -0.25) is 19.4 Å². The largest absolute Gasteiger partial charge is 0.388 e. The molecule has 1 spiro atoms. The lowest BCUT2D eigenvalue weighted by Gasteiger charge is -2.45. The Morgan fingerprint density at radius 2 is 1.82 bits per heavy atom. The molecule has 3 amide bonds. The van der Waals surface area contributed by atoms with Crippen molar-refractivity contribution < 1.29 is 34.1 Å². The summed E-state index contributed by atoms with van der Waals surface area (Å²) in [4.78, 5) is 46.9. The van der Waals surface area contributed by atoms with Crippen LogP contribution in [0.5, 0.6) is 0 Å². The second-order valence-electron chi connectivity index (χ2n) is 12.6. The van der Waals surface area contributed by atoms with Crippen molar-refractivity contribution >= 4 is 17.7 Å². The van der Waals surface area contributed by atoms with E-state index >= 15 is 0 Å². The summed E-state index contributed by atoms with van der Waals surface area (Å²) in [7, 11) is 0. The Balaban J connectivity index is 1.20. The molecule has 15 heteroatoms. The van der Waals surface area contributed by atoms with Gasteiger partial charge in [-0.05, 0) is 37.3 Å². The van der Waals surface area contributed by atoms with Crippen molar-refractivity contribution in [1.29, 1.82) is 0 Å². The second-order valence-corrected chi connectivity index (χ2v) is 12.6. The van der Waals surface area contributed by atoms with E-state index < -0.39 is 41.9 Å². The van der Waals surface area contributed by atoms with Crippen molar-refractivity contribution in [3.63, 3.8) is 0 Å². The Labute approximate surface area is 261 Å². The lowest BCUT2D eigenvalue weighted by molar-refractivity contribution is -0.133. The molecule has 0 saturated carbocycles. The third-order valence-corrected chi connectivity index (χ3v) is 9.41. The first-order valence-electron chi connectivity index (χ1n) is 15.8. The van der Waals surface area contributed by atoms with E-state index in [-0.39, 0.29) is 37.6 Å². The van der Waals surface area contributed by atoms with Gasteiger partial charge in [0.05, 0.1) is 30.3 Å². The molecule has 6 heterocycles. The molecule has 45 heavy (non-hydrogen) atoms. The molecular weight excluding hydrogens is 584 g/mol. The first kappa shape index (κ1) is 31.5. The Kier molecular flexibility index (Phi) is 9.70. The summed E-state index contributed by atoms with van der Waals surface area (Å²) < 4.78 is 13.0. The van der Waals surface area contributed by atoms with Gasteiger partial charge in [-0.15, -0.1) is 5.10 Å². The Hall–Kier alpha value is -3.50. The van der Waals surface area contributed by atoms with Crippen LogP contribution in [0.1, 0.15) is 49.8 Å². The number of aromatic nitrogens is 4. The minimum atomic E-state index is -1.29. The average molecular weight is 627 g/mol. The van der Waals surface area contributed by atoms with Crippen LogP contribution < -0.4 is 16.0 Å². The first-order valence-corrected chi connectivity index (χ1v) is 15.8. The smallest absolute Gasteiger partial charge is 0.243 e. The van der Waals surface area contributed by atoms with Gasteiger partial charge in [-0.1, -0.05) is 11.3 Å². The Morgan fingerprint density at radius 3 is 2.58 bits per heavy atom. The summed E-state index contributed by atoms with van der Waals surface area (Å²) >= 11 is 0. The maximum Gasteiger partial charge on any atom is 0.243 e. The summed E-state index contributed by atoms with van der Waals surface area (Å²) in [6, 6.07) is 3.15. The fourth-order valence-corrected chi connectivity index (χ4v) is 6.89. The molecule has 2 aromatic rings. The van der Waals surface area contributed by atoms with Crippen LogP contribution in [0.25, 0.3) is 0 Å². The van der Waals surface area contributed by atoms with E-state index in [0.29, 0.717) is 44.2 Å². The molecule has 4 fully saturated rings. The fourth-order valence-electron chi connectivity index (χ4n) is 6.89. The summed E-state index contributed by atoms with van der Waals surface area (Å²) in [6.45, 7) is 3.18. The Bertz CT molecular complexity index is 1330. The lowest BCUT2D eigenvalue weighted by atomic mass is 9.82. The van der Waals surface area contributed by atoms with E-state index in [0.717, 1.165) is 31.6 Å². The molecule has 0 aliphatic carbocycles. The average Bonchev–Trinajstić information content (AvgIpc) is 3.58. The van der Waals surface area contributed by atoms with Crippen molar-refractivity contribution in [2.75, 3.05) is 32.8 Å². The zero-order valence-corrected chi connectivity index (χ0v) is 25.2. The zero-order valence-electron chi connectivity index (χ0n) is 25.2. The topological polar surface area (TPSA) is 193 Å². The quantitative estimate of drug-likeness (QED) is 0.254. The number of aliphatic hydroxyl groups excluding tert-OH is 2. The maximum absolute atomic E-state index is 13.6. The van der Waals surface area contributed by atoms with Crippen LogP contribution in [0.2, 0.25) is 0 Å². The van der Waals surface area contributed by atoms with Crippen LogP contribution in [0.4, 0.5) is 0 Å². The summed E-state index contributed by atoms with van der Waals surface area (Å²) in [6.07, 6.45) is 3.56. The van der Waals surface area contributed by atoms with E-state index in [1.807, 2.05) is 12.1 Å². The van der Waals surface area contributed by atoms with Gasteiger partial charge in [0.25, 0.3) is 0 Å². The number of nitrogens with zero attached hydrogens (tertiary/aromatic N) is 5. The minimum Gasteiger partial charge on any atom is -0.388 e. The molecule has 0 aromatic carbocycles. The molecular formula is C30H42N8O7. The number of hydrogen-bond donors (Lipinski definition) is 5. The molecule has 4 saturated heterocycles. The highest BCUT2D eigenvalue weighted by Gasteiger charge is 2.46. The molecule has 4 aliphatic rings. The van der Waals surface area contributed by atoms with Crippen LogP contribution in [0, 0.1) is 0 Å². The highest BCUT2D eigenvalue weighted by atomic mass is 16.5. The number of piperidine rings is 1. The van der Waals surface area contributed by atoms with Crippen molar-refractivity contribution in [3.05, 3.63) is 42.0 Å². The molecule has 2 aromatic heterocycles. The number of amides is 3. The molecule has 244 valence electrons. The van der Waals surface area contributed by atoms with Gasteiger partial charge < -0.3 is 40.5 Å². The number of carbonyl (C=O) groups excluding carboxylic acids is 3. The highest BCUT2D eigenvalue weighted by Crippen LogP contribution is 2.31. The van der Waals surface area contributed by atoms with Gasteiger partial charge in [0.2, 0.25) is 17.7 Å². The molecule has 4 aliphatic heterocycles. The number of rotatable bonds is 5. The van der Waals surface area contributed by atoms with E-state index in [2.05, 4.69) is 36.1 Å². The number of carbonyl (C=O) groups is 3. The van der Waals surface area contributed by atoms with Gasteiger partial charge in [0.1, 0.15) is 24.4 Å². The number of ether oxygens (including phenoxy) is 2. The van der Waals surface area contributed by atoms with E-state index in [1.165, 1.54) is 0 Å². The van der Waals surface area contributed by atoms with Gasteiger partial charge in [0, 0.05) is 70.3 Å². The fraction of sp³-hybridized carbons (Fsp3) is 0.667. The molecule has 2 bridgehead atoms. The van der Waals surface area contributed by atoms with Crippen LogP contribution in [0.3, 0.4) is 0 Å². The number of likely N-dealkylation sites (tertiary alicyclic amines) is 1. The summed E-state index contributed by atoms with van der Waals surface area (Å²) in [5.41, 5.74) is 0.590. The molecule has 5 atom stereocenters. The standard InChI is InChI=1S/C30H42N8O7/c39-25-13-23-27(41)28(42)24(45-23)16-32-29(43)22(12-20-18-38(36-35-20)17-19-2-1-7-31-15-19)33-26(40)14-30(34-25)5-8-37(9-6-30)21-3-10-44-11-4-21/h1-2,7,15,18,21-24,27-28,41-42H,3-6,8-14,16-17H2,(H,32,43)(H,33,40)(H,34,39)/t22-,23+,24-,27?,28?/m1/s1. The number of nitrogens with one attached hydrogen (secondary N) is 3. The first-order chi connectivity index (χ1) is 21.8. The van der Waals surface area contributed by atoms with E-state index in [1.54, 1.807) is 23.3 Å². The number of pyridine rings is 1. The van der Waals surface area contributed by atoms with Crippen molar-refractivity contribution in [1.82, 2.24) is 40.8 Å². The highest BCUT2D eigenvalue weighted by molar-refractivity contribution is 5.88. The third-order valence-electron chi connectivity index (χ3n) is 9.41. The SMILES string of the molecule is O=C1CC2(CCN(C3CCOCC3)CC2)NC(=O)C[C@@H]2O[C@H](CNC(=O)[C@@H](Cc3cn(Cc4cccnc4)nn3)N1)C(O)C2O. The lowest BCUT2D eigenvalue weighted by Crippen LogP contribution is -2.60. The van der Waals surface area contributed by atoms with Crippen LogP contribution in [0.15, 0.2) is 30.7 Å². The van der Waals surface area contributed by atoms with Gasteiger partial charge >= 0.3 is 0 Å². The van der Waals surface area contributed by atoms with Gasteiger partial charge in [0.15, 0.2) is 0 Å². The van der Waals surface area contributed by atoms with Crippen LogP contribution in [-0.2, 0) is 36.8 Å². The number of aliphatic hydroxyl groups is 2. The predicted molar refractivity (Wildman–Crippen MR) is 157 cm³/mol. The number of fused-ring (bicyclic) bond motifs is 2.